The van der Waals surface area contributed by atoms with Crippen molar-refractivity contribution < 1.29 is 14.3 Å². The molecule has 2 aliphatic heterocycles. The van der Waals surface area contributed by atoms with Crippen LogP contribution in [-0.4, -0.2) is 56.9 Å². The molecule has 2 aromatic rings. The molecule has 0 radical (unpaired) electrons. The summed E-state index contributed by atoms with van der Waals surface area (Å²) in [6.07, 6.45) is 2.10. The van der Waals surface area contributed by atoms with Crippen LogP contribution in [0.1, 0.15) is 42.0 Å². The number of carbonyl (C=O) groups is 2. The summed E-state index contributed by atoms with van der Waals surface area (Å²) in [5.74, 6) is 1.07. The topological polar surface area (TPSA) is 103 Å². The van der Waals surface area contributed by atoms with E-state index in [1.54, 1.807) is 7.11 Å². The minimum atomic E-state index is -0.338. The number of rotatable bonds is 6. The van der Waals surface area contributed by atoms with Crippen molar-refractivity contribution in [1.29, 1.82) is 0 Å². The van der Waals surface area contributed by atoms with E-state index in [2.05, 4.69) is 15.0 Å². The average Bonchev–Trinajstić information content (AvgIpc) is 3.28. The standard InChI is InChI=1S/C20H25N5O3S/c1-3-15-22-20-25(23-15)19(27)17(29-20)16(12-4-6-14(28-2)7-5-12)24-10-8-13(9-11-24)18(21)26/h4-7,13,16-17H,3,8-11H2,1-2H3,(H2,21,26). The number of aromatic nitrogens is 3. The predicted molar refractivity (Wildman–Crippen MR) is 109 cm³/mol. The number of hydrogen-bond acceptors (Lipinski definition) is 7. The van der Waals surface area contributed by atoms with Gasteiger partial charge in [0, 0.05) is 12.3 Å². The molecule has 1 aromatic heterocycles. The molecule has 29 heavy (non-hydrogen) atoms. The number of ether oxygens (including phenoxy) is 1. The zero-order chi connectivity index (χ0) is 20.5. The second kappa shape index (κ2) is 8.16. The third-order valence-corrected chi connectivity index (χ3v) is 6.88. The van der Waals surface area contributed by atoms with E-state index >= 15 is 0 Å². The van der Waals surface area contributed by atoms with Gasteiger partial charge in [0.05, 0.1) is 13.2 Å². The van der Waals surface area contributed by atoms with Crippen molar-refractivity contribution in [1.82, 2.24) is 19.7 Å². The lowest BCUT2D eigenvalue weighted by Crippen LogP contribution is -2.45. The highest BCUT2D eigenvalue weighted by atomic mass is 32.2. The highest BCUT2D eigenvalue weighted by Crippen LogP contribution is 2.42. The highest BCUT2D eigenvalue weighted by molar-refractivity contribution is 8.00. The van der Waals surface area contributed by atoms with E-state index in [0.717, 1.165) is 11.3 Å². The Hall–Kier alpha value is -2.39. The molecule has 2 aliphatic rings. The Morgan fingerprint density at radius 1 is 1.31 bits per heavy atom. The predicted octanol–water partition coefficient (Wildman–Crippen LogP) is 1.90. The molecule has 0 aliphatic carbocycles. The van der Waals surface area contributed by atoms with Crippen LogP contribution in [-0.2, 0) is 11.2 Å². The number of nitrogens with zero attached hydrogens (tertiary/aromatic N) is 4. The molecule has 0 saturated carbocycles. The number of likely N-dealkylation sites (tertiary alicyclic amines) is 1. The Labute approximate surface area is 173 Å². The molecule has 9 heteroatoms. The van der Waals surface area contributed by atoms with Crippen LogP contribution in [0.5, 0.6) is 5.75 Å². The molecular weight excluding hydrogens is 390 g/mol. The van der Waals surface area contributed by atoms with Gasteiger partial charge >= 0.3 is 0 Å². The number of primary amides is 1. The summed E-state index contributed by atoms with van der Waals surface area (Å²) in [5.41, 5.74) is 6.54. The van der Waals surface area contributed by atoms with Crippen LogP contribution >= 0.6 is 11.8 Å². The maximum absolute atomic E-state index is 13.2. The minimum absolute atomic E-state index is 0.0463. The molecule has 4 rings (SSSR count). The third-order valence-electron chi connectivity index (χ3n) is 5.69. The Bertz CT molecular complexity index is 905. The molecule has 1 amide bonds. The van der Waals surface area contributed by atoms with Gasteiger partial charge in [0.2, 0.25) is 5.91 Å². The Balaban J connectivity index is 1.63. The Morgan fingerprint density at radius 3 is 2.55 bits per heavy atom. The number of piperidine rings is 1. The zero-order valence-corrected chi connectivity index (χ0v) is 17.4. The van der Waals surface area contributed by atoms with Crippen LogP contribution in [0.25, 0.3) is 0 Å². The van der Waals surface area contributed by atoms with Crippen LogP contribution in [0.4, 0.5) is 0 Å². The molecule has 1 saturated heterocycles. The maximum Gasteiger partial charge on any atom is 0.264 e. The maximum atomic E-state index is 13.2. The first kappa shape index (κ1) is 19.9. The summed E-state index contributed by atoms with van der Waals surface area (Å²) in [4.78, 5) is 31.5. The molecule has 3 heterocycles. The monoisotopic (exact) mass is 415 g/mol. The Kier molecular flexibility index (Phi) is 5.60. The van der Waals surface area contributed by atoms with E-state index in [9.17, 15) is 9.59 Å². The lowest BCUT2D eigenvalue weighted by Gasteiger charge is -2.38. The lowest BCUT2D eigenvalue weighted by atomic mass is 9.92. The number of carbonyl (C=O) groups excluding carboxylic acids is 2. The number of aryl methyl sites for hydroxylation is 1. The molecular formula is C20H25N5O3S. The smallest absolute Gasteiger partial charge is 0.264 e. The van der Waals surface area contributed by atoms with Gasteiger partial charge < -0.3 is 10.5 Å². The van der Waals surface area contributed by atoms with Crippen molar-refractivity contribution in [2.75, 3.05) is 20.2 Å². The van der Waals surface area contributed by atoms with Crippen molar-refractivity contribution in [3.05, 3.63) is 35.7 Å². The molecule has 1 fully saturated rings. The van der Waals surface area contributed by atoms with Gasteiger partial charge in [0.25, 0.3) is 5.91 Å². The quantitative estimate of drug-likeness (QED) is 0.768. The van der Waals surface area contributed by atoms with E-state index in [-0.39, 0.29) is 29.0 Å². The number of hydrogen-bond donors (Lipinski definition) is 1. The fourth-order valence-electron chi connectivity index (χ4n) is 4.03. The number of amides is 1. The molecule has 2 unspecified atom stereocenters. The highest BCUT2D eigenvalue weighted by Gasteiger charge is 2.43. The van der Waals surface area contributed by atoms with E-state index in [0.29, 0.717) is 43.3 Å². The minimum Gasteiger partial charge on any atom is -0.497 e. The van der Waals surface area contributed by atoms with Gasteiger partial charge in [-0.05, 0) is 43.6 Å². The first-order valence-electron chi connectivity index (χ1n) is 9.86. The van der Waals surface area contributed by atoms with Crippen LogP contribution in [0.3, 0.4) is 0 Å². The number of nitrogens with two attached hydrogens (primary N) is 1. The fourth-order valence-corrected chi connectivity index (χ4v) is 5.31. The van der Waals surface area contributed by atoms with Crippen molar-refractivity contribution in [3.8, 4) is 5.75 Å². The lowest BCUT2D eigenvalue weighted by molar-refractivity contribution is -0.123. The van der Waals surface area contributed by atoms with Gasteiger partial charge in [-0.1, -0.05) is 30.8 Å². The van der Waals surface area contributed by atoms with Crippen molar-refractivity contribution in [3.63, 3.8) is 0 Å². The SMILES string of the molecule is CCc1nc2n(n1)C(=O)C(C(c1ccc(OC)cc1)N1CCC(C(N)=O)CC1)S2. The number of fused-ring (bicyclic) bond motifs is 1. The molecule has 0 spiro atoms. The van der Waals surface area contributed by atoms with Gasteiger partial charge in [-0.2, -0.15) is 4.68 Å². The van der Waals surface area contributed by atoms with Gasteiger partial charge in [0.1, 0.15) is 11.0 Å². The summed E-state index contributed by atoms with van der Waals surface area (Å²) < 4.78 is 6.73. The first-order chi connectivity index (χ1) is 14.0. The largest absolute Gasteiger partial charge is 0.497 e. The molecule has 2 N–H and O–H groups in total. The van der Waals surface area contributed by atoms with Crippen molar-refractivity contribution in [2.45, 2.75) is 42.6 Å². The average molecular weight is 416 g/mol. The zero-order valence-electron chi connectivity index (χ0n) is 16.6. The molecule has 0 bridgehead atoms. The molecule has 8 nitrogen and oxygen atoms in total. The summed E-state index contributed by atoms with van der Waals surface area (Å²) in [6.45, 7) is 3.40. The fraction of sp³-hybridized carbons (Fsp3) is 0.500. The van der Waals surface area contributed by atoms with E-state index in [1.165, 1.54) is 16.4 Å². The number of benzene rings is 1. The van der Waals surface area contributed by atoms with Crippen molar-refractivity contribution >= 4 is 23.6 Å². The summed E-state index contributed by atoms with van der Waals surface area (Å²) in [6, 6.07) is 7.69. The molecule has 1 aromatic carbocycles. The number of methoxy groups -OCH3 is 1. The number of thioether (sulfide) groups is 1. The van der Waals surface area contributed by atoms with Gasteiger partial charge in [-0.15, -0.1) is 5.10 Å². The van der Waals surface area contributed by atoms with Crippen molar-refractivity contribution in [2.24, 2.45) is 11.7 Å². The van der Waals surface area contributed by atoms with Crippen LogP contribution in [0.2, 0.25) is 0 Å². The van der Waals surface area contributed by atoms with E-state index < -0.39 is 0 Å². The molecule has 2 atom stereocenters. The van der Waals surface area contributed by atoms with E-state index in [4.69, 9.17) is 10.5 Å². The van der Waals surface area contributed by atoms with Gasteiger partial charge in [-0.25, -0.2) is 4.98 Å². The van der Waals surface area contributed by atoms with Crippen LogP contribution in [0, 0.1) is 5.92 Å². The normalized spacial score (nSPS) is 21.2. The second-order valence-electron chi connectivity index (χ2n) is 7.38. The second-order valence-corrected chi connectivity index (χ2v) is 8.49. The van der Waals surface area contributed by atoms with Crippen LogP contribution < -0.4 is 10.5 Å². The third kappa shape index (κ3) is 3.76. The van der Waals surface area contributed by atoms with E-state index in [1.807, 2.05) is 31.2 Å². The Morgan fingerprint density at radius 2 is 2.00 bits per heavy atom. The summed E-state index contributed by atoms with van der Waals surface area (Å²) >= 11 is 1.47. The van der Waals surface area contributed by atoms with Gasteiger partial charge in [-0.3, -0.25) is 14.5 Å². The summed E-state index contributed by atoms with van der Waals surface area (Å²) in [5, 5.41) is 4.68. The van der Waals surface area contributed by atoms with Crippen LogP contribution in [0.15, 0.2) is 29.4 Å². The molecule has 154 valence electrons. The first-order valence-corrected chi connectivity index (χ1v) is 10.7. The van der Waals surface area contributed by atoms with Gasteiger partial charge in [0.15, 0.2) is 11.0 Å². The summed E-state index contributed by atoms with van der Waals surface area (Å²) in [7, 11) is 1.63.